The maximum absolute atomic E-state index is 14.6. The van der Waals surface area contributed by atoms with E-state index in [1.54, 1.807) is 42.5 Å². The summed E-state index contributed by atoms with van der Waals surface area (Å²) in [5.41, 5.74) is 1.93. The molecule has 0 aromatic heterocycles. The largest absolute Gasteiger partial charge is 0.457 e. The van der Waals surface area contributed by atoms with Crippen molar-refractivity contribution >= 4 is 43.5 Å². The molecular weight excluding hydrogens is 702 g/mol. The third-order valence-corrected chi connectivity index (χ3v) is 10.1. The smallest absolute Gasteiger partial charge is 0.264 e. The normalized spacial score (nSPS) is 11.7. The average Bonchev–Trinajstić information content (AvgIpc) is 3.13. The van der Waals surface area contributed by atoms with Gasteiger partial charge in [0, 0.05) is 24.0 Å². The Labute approximate surface area is 296 Å². The third kappa shape index (κ3) is 9.58. The molecule has 5 aromatic rings. The van der Waals surface area contributed by atoms with Gasteiger partial charge in [-0.15, -0.1) is 0 Å². The van der Waals surface area contributed by atoms with Gasteiger partial charge < -0.3 is 15.0 Å². The number of amides is 2. The van der Waals surface area contributed by atoms with E-state index in [9.17, 15) is 18.0 Å². The second-order valence-electron chi connectivity index (χ2n) is 11.4. The Morgan fingerprint density at radius 2 is 1.31 bits per heavy atom. The number of carbonyl (C=O) groups excluding carboxylic acids is 2. The molecule has 1 N–H and O–H groups in total. The van der Waals surface area contributed by atoms with Gasteiger partial charge in [-0.25, -0.2) is 8.42 Å². The van der Waals surface area contributed by atoms with Crippen LogP contribution in [0.5, 0.6) is 11.5 Å². The van der Waals surface area contributed by atoms with E-state index < -0.39 is 28.5 Å². The van der Waals surface area contributed by atoms with E-state index in [1.807, 2.05) is 91.9 Å². The molecule has 10 heteroatoms. The molecule has 0 spiro atoms. The summed E-state index contributed by atoms with van der Waals surface area (Å²) in [7, 11) is -4.21. The summed E-state index contributed by atoms with van der Waals surface area (Å²) in [6.07, 6.45) is 0.965. The molecule has 1 atom stereocenters. The van der Waals surface area contributed by atoms with Crippen LogP contribution in [-0.4, -0.2) is 44.3 Å². The first kappa shape index (κ1) is 35.4. The molecule has 5 rings (SSSR count). The van der Waals surface area contributed by atoms with Crippen molar-refractivity contribution in [1.29, 1.82) is 0 Å². The minimum Gasteiger partial charge on any atom is -0.457 e. The number of carbonyl (C=O) groups is 2. The molecular formula is C39H38BrN3O5S. The highest BCUT2D eigenvalue weighted by Gasteiger charge is 2.34. The molecule has 8 nitrogen and oxygen atoms in total. The van der Waals surface area contributed by atoms with Gasteiger partial charge in [0.05, 0.1) is 10.6 Å². The molecule has 2 amide bonds. The fourth-order valence-electron chi connectivity index (χ4n) is 5.26. The van der Waals surface area contributed by atoms with Crippen LogP contribution in [0.25, 0.3) is 0 Å². The number of ether oxygens (including phenoxy) is 1. The first-order chi connectivity index (χ1) is 23.7. The van der Waals surface area contributed by atoms with E-state index in [2.05, 4.69) is 21.2 Å². The van der Waals surface area contributed by atoms with E-state index in [0.717, 1.165) is 26.3 Å². The molecule has 49 heavy (non-hydrogen) atoms. The lowest BCUT2D eigenvalue weighted by Crippen LogP contribution is -2.53. The topological polar surface area (TPSA) is 96.0 Å². The van der Waals surface area contributed by atoms with Gasteiger partial charge in [0.15, 0.2) is 0 Å². The zero-order valence-corrected chi connectivity index (χ0v) is 29.5. The molecule has 0 aliphatic carbocycles. The molecule has 252 valence electrons. The number of anilines is 1. The Kier molecular flexibility index (Phi) is 12.2. The fourth-order valence-corrected chi connectivity index (χ4v) is 6.96. The summed E-state index contributed by atoms with van der Waals surface area (Å²) in [5.74, 6) is 0.301. The molecule has 0 fully saturated rings. The predicted octanol–water partition coefficient (Wildman–Crippen LogP) is 7.60. The molecule has 0 radical (unpaired) electrons. The second-order valence-corrected chi connectivity index (χ2v) is 14.2. The third-order valence-electron chi connectivity index (χ3n) is 7.80. The van der Waals surface area contributed by atoms with E-state index in [1.165, 1.54) is 17.0 Å². The quantitative estimate of drug-likeness (QED) is 0.119. The summed E-state index contributed by atoms with van der Waals surface area (Å²) in [4.78, 5) is 29.9. The molecule has 0 heterocycles. The van der Waals surface area contributed by atoms with Crippen LogP contribution in [0.1, 0.15) is 24.5 Å². The maximum Gasteiger partial charge on any atom is 0.264 e. The summed E-state index contributed by atoms with van der Waals surface area (Å²) < 4.78 is 36.4. The van der Waals surface area contributed by atoms with Crippen LogP contribution in [-0.2, 0) is 32.6 Å². The number of rotatable bonds is 15. The van der Waals surface area contributed by atoms with Gasteiger partial charge in [-0.1, -0.05) is 102 Å². The van der Waals surface area contributed by atoms with Crippen molar-refractivity contribution in [3.8, 4) is 11.5 Å². The maximum atomic E-state index is 14.6. The SMILES string of the molecule is CCCNC(=O)C(Cc1ccccc1)N(Cc1ccc(Br)cc1)C(=O)CN(c1ccc(Oc2ccccc2)cc1)S(=O)(=O)c1ccccc1. The van der Waals surface area contributed by atoms with Gasteiger partial charge >= 0.3 is 0 Å². The van der Waals surface area contributed by atoms with Gasteiger partial charge in [0.1, 0.15) is 24.1 Å². The lowest BCUT2D eigenvalue weighted by molar-refractivity contribution is -0.140. The van der Waals surface area contributed by atoms with Crippen LogP contribution in [0.2, 0.25) is 0 Å². The van der Waals surface area contributed by atoms with E-state index in [-0.39, 0.29) is 29.5 Å². The summed E-state index contributed by atoms with van der Waals surface area (Å²) in [5, 5.41) is 2.96. The van der Waals surface area contributed by atoms with Gasteiger partial charge in [0.2, 0.25) is 11.8 Å². The molecule has 0 saturated heterocycles. The zero-order chi connectivity index (χ0) is 34.6. The lowest BCUT2D eigenvalue weighted by atomic mass is 10.0. The molecule has 5 aromatic carbocycles. The first-order valence-electron chi connectivity index (χ1n) is 16.0. The van der Waals surface area contributed by atoms with Crippen molar-refractivity contribution in [2.45, 2.75) is 37.2 Å². The standard InChI is InChI=1S/C39H38BrN3O5S/c1-2-26-41-39(45)37(27-30-12-6-3-7-13-30)42(28-31-18-20-32(40)21-19-31)38(44)29-43(49(46,47)36-16-10-5-11-17-36)33-22-24-35(25-23-33)48-34-14-8-4-9-15-34/h3-25,37H,2,26-29H2,1H3,(H,41,45). The Balaban J connectivity index is 1.54. The van der Waals surface area contributed by atoms with Crippen molar-refractivity contribution in [2.75, 3.05) is 17.4 Å². The van der Waals surface area contributed by atoms with Gasteiger partial charge in [-0.3, -0.25) is 13.9 Å². The highest BCUT2D eigenvalue weighted by molar-refractivity contribution is 9.10. The van der Waals surface area contributed by atoms with E-state index in [4.69, 9.17) is 4.74 Å². The number of hydrogen-bond donors (Lipinski definition) is 1. The zero-order valence-electron chi connectivity index (χ0n) is 27.1. The number of benzene rings is 5. The summed E-state index contributed by atoms with van der Waals surface area (Å²) in [6, 6.07) is 39.8. The molecule has 0 bridgehead atoms. The second kappa shape index (κ2) is 16.9. The van der Waals surface area contributed by atoms with Crippen LogP contribution < -0.4 is 14.4 Å². The minimum atomic E-state index is -4.21. The fraction of sp³-hybridized carbons (Fsp3) is 0.179. The number of sulfonamides is 1. The number of nitrogens with one attached hydrogen (secondary N) is 1. The Bertz CT molecular complexity index is 1910. The summed E-state index contributed by atoms with van der Waals surface area (Å²) in [6.45, 7) is 1.95. The van der Waals surface area contributed by atoms with Crippen molar-refractivity contribution in [3.05, 3.63) is 155 Å². The van der Waals surface area contributed by atoms with Crippen molar-refractivity contribution in [2.24, 2.45) is 0 Å². The number of hydrogen-bond acceptors (Lipinski definition) is 5. The average molecular weight is 741 g/mol. The minimum absolute atomic E-state index is 0.0356. The molecule has 1 unspecified atom stereocenters. The monoisotopic (exact) mass is 739 g/mol. The van der Waals surface area contributed by atoms with Crippen LogP contribution in [0.4, 0.5) is 5.69 Å². The van der Waals surface area contributed by atoms with Crippen LogP contribution in [0.3, 0.4) is 0 Å². The number of nitrogens with zero attached hydrogens (tertiary/aromatic N) is 2. The van der Waals surface area contributed by atoms with Crippen molar-refractivity contribution in [1.82, 2.24) is 10.2 Å². The Morgan fingerprint density at radius 3 is 1.92 bits per heavy atom. The highest BCUT2D eigenvalue weighted by Crippen LogP contribution is 2.29. The predicted molar refractivity (Wildman–Crippen MR) is 196 cm³/mol. The van der Waals surface area contributed by atoms with E-state index in [0.29, 0.717) is 18.0 Å². The van der Waals surface area contributed by atoms with Gasteiger partial charge in [0.25, 0.3) is 10.0 Å². The molecule has 0 aliphatic heterocycles. The molecule has 0 saturated carbocycles. The Morgan fingerprint density at radius 1 is 0.735 bits per heavy atom. The summed E-state index contributed by atoms with van der Waals surface area (Å²) >= 11 is 3.46. The number of para-hydroxylation sites is 1. The number of halogens is 1. The first-order valence-corrected chi connectivity index (χ1v) is 18.2. The Hall–Kier alpha value is -4.93. The van der Waals surface area contributed by atoms with E-state index >= 15 is 0 Å². The van der Waals surface area contributed by atoms with Crippen molar-refractivity contribution < 1.29 is 22.7 Å². The molecule has 0 aliphatic rings. The van der Waals surface area contributed by atoms with Gasteiger partial charge in [-0.05, 0) is 78.2 Å². The van der Waals surface area contributed by atoms with Gasteiger partial charge in [-0.2, -0.15) is 0 Å². The van der Waals surface area contributed by atoms with Crippen LogP contribution in [0.15, 0.2) is 149 Å². The van der Waals surface area contributed by atoms with Crippen LogP contribution >= 0.6 is 15.9 Å². The lowest BCUT2D eigenvalue weighted by Gasteiger charge is -2.34. The van der Waals surface area contributed by atoms with Crippen molar-refractivity contribution in [3.63, 3.8) is 0 Å². The van der Waals surface area contributed by atoms with Crippen LogP contribution in [0, 0.1) is 0 Å². The highest BCUT2D eigenvalue weighted by atomic mass is 79.9.